The van der Waals surface area contributed by atoms with Gasteiger partial charge in [0.15, 0.2) is 0 Å². The Kier molecular flexibility index (Phi) is 3.27. The van der Waals surface area contributed by atoms with Crippen LogP contribution in [0.15, 0.2) is 0 Å². The van der Waals surface area contributed by atoms with E-state index in [-0.39, 0.29) is 5.97 Å². The summed E-state index contributed by atoms with van der Waals surface area (Å²) in [6.45, 7) is 8.14. The summed E-state index contributed by atoms with van der Waals surface area (Å²) in [5, 5.41) is 1.66. The van der Waals surface area contributed by atoms with E-state index in [1.165, 1.54) is 0 Å². The minimum Gasteiger partial charge on any atom is -0.379 e. The van der Waals surface area contributed by atoms with Gasteiger partial charge >= 0.3 is 5.97 Å². The maximum atomic E-state index is 11.4. The van der Waals surface area contributed by atoms with Crippen molar-refractivity contribution in [3.8, 4) is 0 Å². The first-order valence-electron chi connectivity index (χ1n) is 4.55. The van der Waals surface area contributed by atoms with E-state index in [0.717, 1.165) is 0 Å². The maximum Gasteiger partial charge on any atom is 0.330 e. The number of carbonyl (C=O) groups is 1. The molecule has 4 nitrogen and oxygen atoms in total. The lowest BCUT2D eigenvalue weighted by atomic mass is 9.98. The van der Waals surface area contributed by atoms with Gasteiger partial charge in [-0.3, -0.25) is 0 Å². The average Bonchev–Trinajstić information content (AvgIpc) is 2.04. The molecule has 0 aromatic heterocycles. The molecule has 0 bridgehead atoms. The van der Waals surface area contributed by atoms with Crippen molar-refractivity contribution in [1.29, 1.82) is 0 Å². The molecule has 0 radical (unpaired) electrons. The summed E-state index contributed by atoms with van der Waals surface area (Å²) in [6.07, 6.45) is 0. The summed E-state index contributed by atoms with van der Waals surface area (Å²) in [6, 6.07) is 0. The molecule has 1 aliphatic heterocycles. The van der Waals surface area contributed by atoms with Gasteiger partial charge < -0.3 is 9.57 Å². The lowest BCUT2D eigenvalue weighted by molar-refractivity contribution is -0.214. The Morgan fingerprint density at radius 3 is 2.31 bits per heavy atom. The minimum atomic E-state index is -0.432. The van der Waals surface area contributed by atoms with Crippen LogP contribution in [0.25, 0.3) is 0 Å². The highest BCUT2D eigenvalue weighted by Gasteiger charge is 2.26. The van der Waals surface area contributed by atoms with Crippen LogP contribution in [0.2, 0.25) is 0 Å². The fraction of sp³-hybridized carbons (Fsp3) is 0.889. The second kappa shape index (κ2) is 4.07. The van der Waals surface area contributed by atoms with Gasteiger partial charge in [-0.15, -0.1) is 5.06 Å². The molecule has 0 spiro atoms. The van der Waals surface area contributed by atoms with E-state index in [2.05, 4.69) is 0 Å². The van der Waals surface area contributed by atoms with Crippen molar-refractivity contribution < 1.29 is 14.4 Å². The van der Waals surface area contributed by atoms with E-state index in [9.17, 15) is 4.79 Å². The third kappa shape index (κ3) is 3.32. The first-order valence-corrected chi connectivity index (χ1v) is 4.55. The zero-order chi connectivity index (χ0) is 9.90. The Labute approximate surface area is 78.8 Å². The van der Waals surface area contributed by atoms with Crippen LogP contribution in [-0.2, 0) is 14.4 Å². The third-order valence-electron chi connectivity index (χ3n) is 1.79. The molecule has 13 heavy (non-hydrogen) atoms. The Morgan fingerprint density at radius 1 is 1.31 bits per heavy atom. The summed E-state index contributed by atoms with van der Waals surface area (Å²) in [5.74, 6) is -0.186. The topological polar surface area (TPSA) is 38.8 Å². The lowest BCUT2D eigenvalue weighted by Gasteiger charge is -2.28. The quantitative estimate of drug-likeness (QED) is 0.609. The summed E-state index contributed by atoms with van der Waals surface area (Å²) in [5.41, 5.74) is -0.432. The largest absolute Gasteiger partial charge is 0.379 e. The number of hydroxylamine groups is 2. The zero-order valence-corrected chi connectivity index (χ0v) is 8.50. The van der Waals surface area contributed by atoms with Crippen molar-refractivity contribution in [2.75, 3.05) is 26.3 Å². The van der Waals surface area contributed by atoms with E-state index >= 15 is 0 Å². The van der Waals surface area contributed by atoms with E-state index in [0.29, 0.717) is 26.3 Å². The normalized spacial score (nSPS) is 19.9. The number of nitrogens with zero attached hydrogens (tertiary/aromatic N) is 1. The molecule has 4 heteroatoms. The Morgan fingerprint density at radius 2 is 1.85 bits per heavy atom. The summed E-state index contributed by atoms with van der Waals surface area (Å²) >= 11 is 0. The highest BCUT2D eigenvalue weighted by molar-refractivity contribution is 5.75. The second-order valence-corrected chi connectivity index (χ2v) is 4.17. The first kappa shape index (κ1) is 10.5. The monoisotopic (exact) mass is 187 g/mol. The number of morpholine rings is 1. The van der Waals surface area contributed by atoms with Gasteiger partial charge in [-0.2, -0.15) is 0 Å². The van der Waals surface area contributed by atoms with Crippen LogP contribution in [0.4, 0.5) is 0 Å². The molecule has 1 aliphatic rings. The van der Waals surface area contributed by atoms with Crippen LogP contribution in [0.3, 0.4) is 0 Å². The molecule has 0 N–H and O–H groups in total. The van der Waals surface area contributed by atoms with E-state index in [1.54, 1.807) is 5.06 Å². The van der Waals surface area contributed by atoms with Gasteiger partial charge in [0.05, 0.1) is 31.7 Å². The predicted molar refractivity (Wildman–Crippen MR) is 47.9 cm³/mol. The molecule has 0 aliphatic carbocycles. The van der Waals surface area contributed by atoms with E-state index in [1.807, 2.05) is 20.8 Å². The minimum absolute atomic E-state index is 0.186. The standard InChI is InChI=1S/C9H17NO3/c1-9(2,3)8(11)13-10-4-6-12-7-5-10/h4-7H2,1-3H3. The zero-order valence-electron chi connectivity index (χ0n) is 8.50. The molecule has 0 atom stereocenters. The summed E-state index contributed by atoms with van der Waals surface area (Å²) < 4.78 is 5.13. The van der Waals surface area contributed by atoms with E-state index < -0.39 is 5.41 Å². The highest BCUT2D eigenvalue weighted by Crippen LogP contribution is 2.16. The molecule has 1 rings (SSSR count). The van der Waals surface area contributed by atoms with Gasteiger partial charge in [0, 0.05) is 0 Å². The number of hydrogen-bond acceptors (Lipinski definition) is 4. The molecule has 0 aromatic carbocycles. The molecule has 76 valence electrons. The van der Waals surface area contributed by atoms with Gasteiger partial charge in [0.2, 0.25) is 0 Å². The van der Waals surface area contributed by atoms with Gasteiger partial charge in [-0.1, -0.05) is 0 Å². The molecule has 1 fully saturated rings. The third-order valence-corrected chi connectivity index (χ3v) is 1.79. The maximum absolute atomic E-state index is 11.4. The molecular weight excluding hydrogens is 170 g/mol. The SMILES string of the molecule is CC(C)(C)C(=O)ON1CCOCC1. The number of carbonyl (C=O) groups excluding carboxylic acids is 1. The Bertz CT molecular complexity index is 180. The van der Waals surface area contributed by atoms with Crippen molar-refractivity contribution in [1.82, 2.24) is 5.06 Å². The van der Waals surface area contributed by atoms with Crippen molar-refractivity contribution in [2.45, 2.75) is 20.8 Å². The summed E-state index contributed by atoms with van der Waals surface area (Å²) in [7, 11) is 0. The Hall–Kier alpha value is -0.610. The van der Waals surface area contributed by atoms with Crippen molar-refractivity contribution in [3.63, 3.8) is 0 Å². The molecule has 0 saturated carbocycles. The average molecular weight is 187 g/mol. The van der Waals surface area contributed by atoms with Crippen LogP contribution in [0.5, 0.6) is 0 Å². The van der Waals surface area contributed by atoms with Crippen LogP contribution in [0, 0.1) is 5.41 Å². The molecule has 0 unspecified atom stereocenters. The lowest BCUT2D eigenvalue weighted by Crippen LogP contribution is -2.40. The molecular formula is C9H17NO3. The van der Waals surface area contributed by atoms with Crippen LogP contribution in [0.1, 0.15) is 20.8 Å². The van der Waals surface area contributed by atoms with Crippen molar-refractivity contribution >= 4 is 5.97 Å². The number of hydrogen-bond donors (Lipinski definition) is 0. The molecule has 0 amide bonds. The van der Waals surface area contributed by atoms with Gasteiger partial charge in [0.25, 0.3) is 0 Å². The molecule has 1 saturated heterocycles. The van der Waals surface area contributed by atoms with Gasteiger partial charge in [0.1, 0.15) is 0 Å². The van der Waals surface area contributed by atoms with Gasteiger partial charge in [-0.25, -0.2) is 4.79 Å². The smallest absolute Gasteiger partial charge is 0.330 e. The molecule has 0 aromatic rings. The van der Waals surface area contributed by atoms with Crippen LogP contribution in [-0.4, -0.2) is 37.3 Å². The van der Waals surface area contributed by atoms with Crippen LogP contribution >= 0.6 is 0 Å². The van der Waals surface area contributed by atoms with Gasteiger partial charge in [-0.05, 0) is 20.8 Å². The fourth-order valence-electron chi connectivity index (χ4n) is 0.892. The Balaban J connectivity index is 2.35. The van der Waals surface area contributed by atoms with Crippen molar-refractivity contribution in [2.24, 2.45) is 5.41 Å². The number of ether oxygens (including phenoxy) is 1. The first-order chi connectivity index (χ1) is 6.00. The predicted octanol–water partition coefficient (Wildman–Crippen LogP) is 0.823. The molecule has 1 heterocycles. The summed E-state index contributed by atoms with van der Waals surface area (Å²) in [4.78, 5) is 16.6. The highest BCUT2D eigenvalue weighted by atomic mass is 16.7. The van der Waals surface area contributed by atoms with E-state index in [4.69, 9.17) is 9.57 Å². The van der Waals surface area contributed by atoms with Crippen molar-refractivity contribution in [3.05, 3.63) is 0 Å². The fourth-order valence-corrected chi connectivity index (χ4v) is 0.892. The second-order valence-electron chi connectivity index (χ2n) is 4.17. The van der Waals surface area contributed by atoms with Crippen LogP contribution < -0.4 is 0 Å². The number of rotatable bonds is 1.